The third kappa shape index (κ3) is 16.3. The Balaban J connectivity index is 0. The van der Waals surface area contributed by atoms with E-state index in [0.717, 1.165) is 0 Å². The van der Waals surface area contributed by atoms with Crippen LogP contribution in [-0.4, -0.2) is 51.2 Å². The quantitative estimate of drug-likeness (QED) is 0.177. The van der Waals surface area contributed by atoms with Crippen molar-refractivity contribution in [3.63, 3.8) is 0 Å². The van der Waals surface area contributed by atoms with Crippen LogP contribution < -0.4 is 10.2 Å². The molecule has 0 aromatic carbocycles. The first-order chi connectivity index (χ1) is 20.3. The van der Waals surface area contributed by atoms with E-state index in [1.54, 1.807) is 0 Å². The molecular formula is C21H7F18FeN3O4. The summed E-state index contributed by atoms with van der Waals surface area (Å²) in [7, 11) is 0. The molecule has 2 aromatic heterocycles. The van der Waals surface area contributed by atoms with Crippen molar-refractivity contribution < 1.29 is 116 Å². The van der Waals surface area contributed by atoms with Gasteiger partial charge in [0.05, 0.1) is 0 Å². The number of carbonyl (C=O) groups is 2. The molecule has 0 fully saturated rings. The number of rotatable bonds is 3. The molecule has 0 saturated carbocycles. The van der Waals surface area contributed by atoms with Gasteiger partial charge in [-0.15, -0.1) is 0 Å². The van der Waals surface area contributed by atoms with Gasteiger partial charge in [0.25, 0.3) is 11.6 Å². The second-order valence-corrected chi connectivity index (χ2v) is 7.41. The fourth-order valence-electron chi connectivity index (χ4n) is 1.91. The molecule has 0 bridgehead atoms. The second-order valence-electron chi connectivity index (χ2n) is 7.41. The first-order valence-corrected chi connectivity index (χ1v) is 10.4. The largest absolute Gasteiger partial charge is 2.00 e. The van der Waals surface area contributed by atoms with E-state index in [-0.39, 0.29) is 28.8 Å². The van der Waals surface area contributed by atoms with E-state index < -0.39 is 89.5 Å². The molecule has 2 aromatic rings. The Labute approximate surface area is 257 Å². The van der Waals surface area contributed by atoms with E-state index in [4.69, 9.17) is 0 Å². The number of aromatic nitrogens is 3. The van der Waals surface area contributed by atoms with E-state index in [1.165, 1.54) is 24.4 Å². The van der Waals surface area contributed by atoms with Crippen LogP contribution in [0.1, 0.15) is 11.4 Å². The Morgan fingerprint density at radius 3 is 1.15 bits per heavy atom. The summed E-state index contributed by atoms with van der Waals surface area (Å²) in [6.45, 7) is 0. The summed E-state index contributed by atoms with van der Waals surface area (Å²) in [4.78, 5) is 29.5. The molecule has 0 N–H and O–H groups in total. The summed E-state index contributed by atoms with van der Waals surface area (Å²) in [5.41, 5.74) is -3.51. The molecule has 26 heteroatoms. The molecule has 0 amide bonds. The molecule has 47 heavy (non-hydrogen) atoms. The Hall–Kier alpha value is -4.09. The maximum Gasteiger partial charge on any atom is 2.00 e. The van der Waals surface area contributed by atoms with Crippen LogP contribution >= 0.6 is 0 Å². The van der Waals surface area contributed by atoms with Crippen LogP contribution in [0.2, 0.25) is 0 Å². The summed E-state index contributed by atoms with van der Waals surface area (Å²) in [6.07, 6.45) is -32.7. The van der Waals surface area contributed by atoms with Crippen LogP contribution in [0.25, 0.3) is 11.5 Å². The van der Waals surface area contributed by atoms with Gasteiger partial charge in [0.1, 0.15) is 17.1 Å². The molecule has 7 nitrogen and oxygen atoms in total. The summed E-state index contributed by atoms with van der Waals surface area (Å²) >= 11 is 0. The van der Waals surface area contributed by atoms with Crippen LogP contribution in [-0.2, 0) is 39.0 Å². The van der Waals surface area contributed by atoms with Gasteiger partial charge in [0.15, 0.2) is 5.82 Å². The summed E-state index contributed by atoms with van der Waals surface area (Å²) < 4.78 is 211. The average Bonchev–Trinajstić information content (AvgIpc) is 2.86. The SMILES string of the molecule is FC(F)(F)c1cc(C(F)(F)F)nc(-c2ccccn2)n1.O=C(/C=C(\[O-])C(F)(F)F)C(F)(F)F.O=C(/C=C(\[O-])C(F)(F)F)C(F)(F)F.[Fe+2]. The Morgan fingerprint density at radius 1 is 0.574 bits per heavy atom. The van der Waals surface area contributed by atoms with Crippen molar-refractivity contribution in [2.24, 2.45) is 0 Å². The number of nitrogens with zero attached hydrogens (tertiary/aromatic N) is 3. The summed E-state index contributed by atoms with van der Waals surface area (Å²) in [6, 6.07) is 3.95. The number of pyridine rings is 1. The van der Waals surface area contributed by atoms with Crippen molar-refractivity contribution in [3.05, 3.63) is 65.5 Å². The number of hydrogen-bond acceptors (Lipinski definition) is 7. The number of halogens is 18. The van der Waals surface area contributed by atoms with Gasteiger partial charge in [-0.3, -0.25) is 14.6 Å². The monoisotopic (exact) mass is 763 g/mol. The minimum absolute atomic E-state index is 0. The molecule has 0 spiro atoms. The molecule has 2 rings (SSSR count). The topological polar surface area (TPSA) is 119 Å². The van der Waals surface area contributed by atoms with Crippen molar-refractivity contribution in [1.82, 2.24) is 15.0 Å². The van der Waals surface area contributed by atoms with Gasteiger partial charge in [0.2, 0.25) is 0 Å². The molecule has 0 aliphatic rings. The van der Waals surface area contributed by atoms with E-state index in [1.807, 2.05) is 0 Å². The third-order valence-corrected chi connectivity index (χ3v) is 3.84. The smallest absolute Gasteiger partial charge is 0.869 e. The molecular weight excluding hydrogens is 756 g/mol. The zero-order valence-electron chi connectivity index (χ0n) is 21.2. The van der Waals surface area contributed by atoms with Gasteiger partial charge < -0.3 is 10.2 Å². The summed E-state index contributed by atoms with van der Waals surface area (Å²) in [5, 5.41) is 19.6. The first-order valence-electron chi connectivity index (χ1n) is 10.4. The Kier molecular flexibility index (Phi) is 15.5. The van der Waals surface area contributed by atoms with Crippen LogP contribution in [0, 0.1) is 0 Å². The van der Waals surface area contributed by atoms with Crippen LogP contribution in [0.15, 0.2) is 54.1 Å². The van der Waals surface area contributed by atoms with Gasteiger partial charge in [0, 0.05) is 6.20 Å². The molecule has 264 valence electrons. The molecule has 0 aliphatic carbocycles. The van der Waals surface area contributed by atoms with Crippen LogP contribution in [0.3, 0.4) is 0 Å². The number of carbonyl (C=O) groups excluding carboxylic acids is 2. The van der Waals surface area contributed by atoms with E-state index in [0.29, 0.717) is 0 Å². The zero-order chi connectivity index (χ0) is 36.7. The minimum atomic E-state index is -5.46. The van der Waals surface area contributed by atoms with Crippen molar-refractivity contribution in [2.75, 3.05) is 0 Å². The third-order valence-electron chi connectivity index (χ3n) is 3.84. The zero-order valence-corrected chi connectivity index (χ0v) is 22.3. The van der Waals surface area contributed by atoms with E-state index in [9.17, 15) is 98.8 Å². The fraction of sp³-hybridized carbons (Fsp3) is 0.286. The van der Waals surface area contributed by atoms with E-state index >= 15 is 0 Å². The molecule has 0 saturated heterocycles. The van der Waals surface area contributed by atoms with Gasteiger partial charge >= 0.3 is 54.1 Å². The van der Waals surface area contributed by atoms with Gasteiger partial charge in [-0.05, 0) is 41.9 Å². The van der Waals surface area contributed by atoms with Crippen LogP contribution in [0.4, 0.5) is 79.0 Å². The first kappa shape index (κ1) is 45.0. The van der Waals surface area contributed by atoms with Crippen molar-refractivity contribution in [3.8, 4) is 11.5 Å². The predicted molar refractivity (Wildman–Crippen MR) is 106 cm³/mol. The normalized spacial score (nSPS) is 13.3. The number of ketones is 2. The maximum atomic E-state index is 12.6. The number of alkyl halides is 18. The van der Waals surface area contributed by atoms with Crippen molar-refractivity contribution in [2.45, 2.75) is 37.1 Å². The summed E-state index contributed by atoms with van der Waals surface area (Å²) in [5.74, 6) is -12.0. The van der Waals surface area contributed by atoms with E-state index in [2.05, 4.69) is 15.0 Å². The number of allylic oxidation sites excluding steroid dienone is 4. The Bertz CT molecular complexity index is 1320. The average molecular weight is 763 g/mol. The van der Waals surface area contributed by atoms with Gasteiger partial charge in [-0.1, -0.05) is 6.07 Å². The molecule has 2 heterocycles. The second kappa shape index (κ2) is 16.1. The number of hydrogen-bond donors (Lipinski definition) is 0. The maximum absolute atomic E-state index is 12.6. The standard InChI is InChI=1S/C11H5F6N3.2C5H2F6O2.Fe/c12-10(13,14)7-5-8(11(15,16)17)20-9(19-7)6-3-1-2-4-18-6;2*6-4(7,8)2(12)1-3(13)5(9,10)11;/h1-5H;2*1,12H;/q;;;+2/p-2/b;2*2-1-;. The van der Waals surface area contributed by atoms with Crippen molar-refractivity contribution in [1.29, 1.82) is 0 Å². The molecule has 0 unspecified atom stereocenters. The van der Waals surface area contributed by atoms with Crippen molar-refractivity contribution >= 4 is 11.6 Å². The fourth-order valence-corrected chi connectivity index (χ4v) is 1.91. The Morgan fingerprint density at radius 2 is 0.915 bits per heavy atom. The van der Waals surface area contributed by atoms with Gasteiger partial charge in [-0.25, -0.2) is 9.97 Å². The minimum Gasteiger partial charge on any atom is -0.869 e. The van der Waals surface area contributed by atoms with Crippen LogP contribution in [0.5, 0.6) is 0 Å². The molecule has 0 atom stereocenters. The molecule has 0 radical (unpaired) electrons. The predicted octanol–water partition coefficient (Wildman–Crippen LogP) is 5.42. The van der Waals surface area contributed by atoms with Gasteiger partial charge in [-0.2, -0.15) is 79.0 Å². The molecule has 0 aliphatic heterocycles.